The zero-order valence-electron chi connectivity index (χ0n) is 12.8. The summed E-state index contributed by atoms with van der Waals surface area (Å²) in [6.45, 7) is 7.82. The van der Waals surface area contributed by atoms with E-state index < -0.39 is 0 Å². The van der Waals surface area contributed by atoms with Crippen LogP contribution in [-0.2, 0) is 0 Å². The zero-order chi connectivity index (χ0) is 12.8. The van der Waals surface area contributed by atoms with Crippen molar-refractivity contribution in [3.8, 4) is 0 Å². The van der Waals surface area contributed by atoms with E-state index in [4.69, 9.17) is 0 Å². The Morgan fingerprint density at radius 1 is 0.833 bits per heavy atom. The van der Waals surface area contributed by atoms with Crippen molar-refractivity contribution in [2.24, 2.45) is 28.6 Å². The molecule has 0 saturated heterocycles. The van der Waals surface area contributed by atoms with E-state index in [1.165, 1.54) is 57.8 Å². The van der Waals surface area contributed by atoms with Gasteiger partial charge in [-0.05, 0) is 60.7 Å². The fourth-order valence-electron chi connectivity index (χ4n) is 5.90. The normalized spacial score (nSPS) is 44.2. The predicted molar refractivity (Wildman–Crippen MR) is 78.5 cm³/mol. The van der Waals surface area contributed by atoms with Crippen LogP contribution in [-0.4, -0.2) is 0 Å². The quantitative estimate of drug-likeness (QED) is 0.578. The molecule has 104 valence electrons. The van der Waals surface area contributed by atoms with Crippen molar-refractivity contribution in [2.75, 3.05) is 0 Å². The molecule has 0 aromatic heterocycles. The molecule has 1 unspecified atom stereocenters. The topological polar surface area (TPSA) is 0 Å². The molecule has 0 amide bonds. The Balaban J connectivity index is 1.75. The lowest BCUT2D eigenvalue weighted by molar-refractivity contribution is -0.111. The molecule has 4 saturated carbocycles. The molecule has 0 aromatic carbocycles. The Kier molecular flexibility index (Phi) is 3.27. The minimum atomic E-state index is 0.628. The van der Waals surface area contributed by atoms with Crippen molar-refractivity contribution in [2.45, 2.75) is 85.0 Å². The minimum absolute atomic E-state index is 0.628. The number of hydrogen-bond donors (Lipinski definition) is 0. The highest BCUT2D eigenvalue weighted by atomic mass is 14.6. The zero-order valence-corrected chi connectivity index (χ0v) is 12.8. The summed E-state index contributed by atoms with van der Waals surface area (Å²) in [5.41, 5.74) is 1.32. The first-order valence-electron chi connectivity index (χ1n) is 8.52. The molecule has 0 nitrogen and oxygen atoms in total. The molecule has 0 radical (unpaired) electrons. The molecule has 2 bridgehead atoms. The first-order chi connectivity index (χ1) is 8.52. The van der Waals surface area contributed by atoms with Gasteiger partial charge in [-0.25, -0.2) is 0 Å². The lowest BCUT2D eigenvalue weighted by Gasteiger charge is -2.61. The summed E-state index contributed by atoms with van der Waals surface area (Å²) < 4.78 is 0. The molecule has 4 rings (SSSR count). The standard InChI is InChI=1S/C18H32/c1-17(2)15-9-11-18(3,12-10-15)16(17)13-14-7-5-4-6-8-14/h14-16H,4-13H2,1-3H3. The molecule has 4 aliphatic carbocycles. The van der Waals surface area contributed by atoms with Crippen LogP contribution >= 0.6 is 0 Å². The van der Waals surface area contributed by atoms with E-state index in [0.717, 1.165) is 17.8 Å². The van der Waals surface area contributed by atoms with Crippen molar-refractivity contribution in [3.63, 3.8) is 0 Å². The van der Waals surface area contributed by atoms with E-state index in [1.54, 1.807) is 6.42 Å². The van der Waals surface area contributed by atoms with Gasteiger partial charge in [0.05, 0.1) is 0 Å². The van der Waals surface area contributed by atoms with Crippen LogP contribution in [0.1, 0.15) is 85.0 Å². The van der Waals surface area contributed by atoms with Crippen molar-refractivity contribution < 1.29 is 0 Å². The molecule has 0 heterocycles. The van der Waals surface area contributed by atoms with Gasteiger partial charge in [0.25, 0.3) is 0 Å². The minimum Gasteiger partial charge on any atom is -0.0594 e. The van der Waals surface area contributed by atoms with E-state index in [1.807, 2.05) is 0 Å². The molecule has 0 N–H and O–H groups in total. The molecule has 0 aliphatic heterocycles. The lowest BCUT2D eigenvalue weighted by Crippen LogP contribution is -2.52. The van der Waals surface area contributed by atoms with Crippen LogP contribution in [0.15, 0.2) is 0 Å². The van der Waals surface area contributed by atoms with Crippen LogP contribution in [0.2, 0.25) is 0 Å². The summed E-state index contributed by atoms with van der Waals surface area (Å²) >= 11 is 0. The summed E-state index contributed by atoms with van der Waals surface area (Å²) in [6.07, 6.45) is 15.2. The maximum absolute atomic E-state index is 2.62. The van der Waals surface area contributed by atoms with Gasteiger partial charge in [-0.15, -0.1) is 0 Å². The van der Waals surface area contributed by atoms with Gasteiger partial charge in [-0.1, -0.05) is 52.9 Å². The number of fused-ring (bicyclic) bond motifs is 3. The maximum atomic E-state index is 2.62. The lowest BCUT2D eigenvalue weighted by atomic mass is 9.44. The summed E-state index contributed by atoms with van der Waals surface area (Å²) in [5, 5.41) is 0. The van der Waals surface area contributed by atoms with Crippen LogP contribution in [0.5, 0.6) is 0 Å². The first-order valence-corrected chi connectivity index (χ1v) is 8.52. The molecule has 0 spiro atoms. The molecular formula is C18H32. The van der Waals surface area contributed by atoms with Crippen molar-refractivity contribution in [1.29, 1.82) is 0 Å². The molecule has 18 heavy (non-hydrogen) atoms. The van der Waals surface area contributed by atoms with Crippen LogP contribution in [0.25, 0.3) is 0 Å². The van der Waals surface area contributed by atoms with E-state index in [2.05, 4.69) is 20.8 Å². The monoisotopic (exact) mass is 248 g/mol. The fraction of sp³-hybridized carbons (Fsp3) is 1.00. The third-order valence-corrected chi connectivity index (χ3v) is 7.21. The SMILES string of the molecule is CC12CCC(CC1)C(C)(C)C2CC1CCCCC1. The Hall–Kier alpha value is 0. The average Bonchev–Trinajstić information content (AvgIpc) is 2.36. The van der Waals surface area contributed by atoms with Gasteiger partial charge in [0.1, 0.15) is 0 Å². The van der Waals surface area contributed by atoms with Gasteiger partial charge in [-0.2, -0.15) is 0 Å². The van der Waals surface area contributed by atoms with Gasteiger partial charge < -0.3 is 0 Å². The van der Waals surface area contributed by atoms with Crippen LogP contribution in [0, 0.1) is 28.6 Å². The summed E-state index contributed by atoms with van der Waals surface area (Å²) in [6, 6.07) is 0. The van der Waals surface area contributed by atoms with Crippen LogP contribution in [0.4, 0.5) is 0 Å². The third kappa shape index (κ3) is 2.04. The number of rotatable bonds is 2. The molecule has 4 aliphatic rings. The van der Waals surface area contributed by atoms with E-state index in [9.17, 15) is 0 Å². The van der Waals surface area contributed by atoms with Gasteiger partial charge >= 0.3 is 0 Å². The molecule has 1 atom stereocenters. The van der Waals surface area contributed by atoms with Gasteiger partial charge in [0, 0.05) is 0 Å². The summed E-state index contributed by atoms with van der Waals surface area (Å²) in [5.74, 6) is 3.12. The largest absolute Gasteiger partial charge is 0.0594 e. The second-order valence-corrected chi connectivity index (χ2v) is 8.54. The highest BCUT2D eigenvalue weighted by Gasteiger charge is 2.54. The fourth-order valence-corrected chi connectivity index (χ4v) is 5.90. The molecule has 4 fully saturated rings. The van der Waals surface area contributed by atoms with Crippen molar-refractivity contribution in [1.82, 2.24) is 0 Å². The highest BCUT2D eigenvalue weighted by molar-refractivity contribution is 5.04. The molecule has 0 aromatic rings. The van der Waals surface area contributed by atoms with E-state index in [-0.39, 0.29) is 0 Å². The second kappa shape index (κ2) is 4.53. The third-order valence-electron chi connectivity index (χ3n) is 7.21. The van der Waals surface area contributed by atoms with Crippen molar-refractivity contribution in [3.05, 3.63) is 0 Å². The smallest absolute Gasteiger partial charge is 0.0292 e. The summed E-state index contributed by atoms with van der Waals surface area (Å²) in [4.78, 5) is 0. The Bertz CT molecular complexity index is 282. The average molecular weight is 248 g/mol. The maximum Gasteiger partial charge on any atom is -0.0292 e. The Morgan fingerprint density at radius 3 is 2.00 bits per heavy atom. The Labute approximate surface area is 114 Å². The van der Waals surface area contributed by atoms with Gasteiger partial charge in [0.2, 0.25) is 0 Å². The molecule has 0 heteroatoms. The van der Waals surface area contributed by atoms with E-state index in [0.29, 0.717) is 10.8 Å². The molecular weight excluding hydrogens is 216 g/mol. The van der Waals surface area contributed by atoms with Gasteiger partial charge in [0.15, 0.2) is 0 Å². The summed E-state index contributed by atoms with van der Waals surface area (Å²) in [7, 11) is 0. The Morgan fingerprint density at radius 2 is 1.44 bits per heavy atom. The van der Waals surface area contributed by atoms with Crippen molar-refractivity contribution >= 4 is 0 Å². The van der Waals surface area contributed by atoms with Crippen LogP contribution < -0.4 is 0 Å². The van der Waals surface area contributed by atoms with Crippen LogP contribution in [0.3, 0.4) is 0 Å². The first kappa shape index (κ1) is 13.0. The predicted octanol–water partition coefficient (Wildman–Crippen LogP) is 5.81. The second-order valence-electron chi connectivity index (χ2n) is 8.54. The number of hydrogen-bond acceptors (Lipinski definition) is 0. The van der Waals surface area contributed by atoms with Gasteiger partial charge in [-0.3, -0.25) is 0 Å². The highest BCUT2D eigenvalue weighted by Crippen LogP contribution is 2.64. The van der Waals surface area contributed by atoms with E-state index >= 15 is 0 Å².